The van der Waals surface area contributed by atoms with Gasteiger partial charge in [0.25, 0.3) is 0 Å². The summed E-state index contributed by atoms with van der Waals surface area (Å²) >= 11 is 0. The number of rotatable bonds is 5. The first-order valence-electron chi connectivity index (χ1n) is 9.76. The fourth-order valence-electron chi connectivity index (χ4n) is 3.28. The quantitative estimate of drug-likeness (QED) is 0.251. The molecule has 0 unspecified atom stereocenters. The number of carbonyl (C=O) groups excluding carboxylic acids is 2. The standard InChI is InChI=1S/C25H19NO5S/c1-16(27)17-7-11-19(12-8-17)31-25(28)22-15-24(26-23-6-4-3-5-21(22)23)18-9-13-20(14-10-18)32(2,29)30/h3-15H,1-2H3. The first kappa shape index (κ1) is 21.4. The number of Topliss-reactive ketones (excluding diaryl/α,β-unsaturated/α-hetero) is 1. The molecular weight excluding hydrogens is 426 g/mol. The fourth-order valence-corrected chi connectivity index (χ4v) is 3.92. The van der Waals surface area contributed by atoms with Crippen LogP contribution in [-0.4, -0.2) is 31.4 Å². The van der Waals surface area contributed by atoms with E-state index >= 15 is 0 Å². The van der Waals surface area contributed by atoms with Crippen molar-refractivity contribution in [2.45, 2.75) is 11.8 Å². The number of nitrogens with zero attached hydrogens (tertiary/aromatic N) is 1. The number of benzene rings is 3. The van der Waals surface area contributed by atoms with Gasteiger partial charge in [0.05, 0.1) is 21.7 Å². The lowest BCUT2D eigenvalue weighted by molar-refractivity contribution is 0.0736. The molecule has 6 nitrogen and oxygen atoms in total. The Balaban J connectivity index is 1.73. The van der Waals surface area contributed by atoms with Crippen LogP contribution in [0.3, 0.4) is 0 Å². The zero-order valence-corrected chi connectivity index (χ0v) is 18.2. The summed E-state index contributed by atoms with van der Waals surface area (Å²) in [7, 11) is -3.32. The smallest absolute Gasteiger partial charge is 0.344 e. The maximum atomic E-state index is 13.0. The number of hydrogen-bond acceptors (Lipinski definition) is 6. The van der Waals surface area contributed by atoms with Crippen molar-refractivity contribution in [2.75, 3.05) is 6.26 Å². The summed E-state index contributed by atoms with van der Waals surface area (Å²) in [6.07, 6.45) is 1.15. The van der Waals surface area contributed by atoms with Crippen molar-refractivity contribution < 1.29 is 22.7 Å². The highest BCUT2D eigenvalue weighted by Gasteiger charge is 2.17. The molecule has 3 aromatic carbocycles. The van der Waals surface area contributed by atoms with E-state index in [9.17, 15) is 18.0 Å². The molecule has 0 aliphatic heterocycles. The topological polar surface area (TPSA) is 90.4 Å². The van der Waals surface area contributed by atoms with Crippen LogP contribution in [0, 0.1) is 0 Å². The monoisotopic (exact) mass is 445 g/mol. The van der Waals surface area contributed by atoms with Gasteiger partial charge in [-0.05, 0) is 55.5 Å². The highest BCUT2D eigenvalue weighted by atomic mass is 32.2. The van der Waals surface area contributed by atoms with E-state index in [4.69, 9.17) is 4.74 Å². The van der Waals surface area contributed by atoms with Crippen molar-refractivity contribution in [3.8, 4) is 17.0 Å². The second-order valence-electron chi connectivity index (χ2n) is 7.34. The first-order valence-corrected chi connectivity index (χ1v) is 11.6. The number of hydrogen-bond donors (Lipinski definition) is 0. The molecule has 1 aromatic heterocycles. The summed E-state index contributed by atoms with van der Waals surface area (Å²) in [4.78, 5) is 29.3. The molecule has 0 fully saturated rings. The molecule has 0 aliphatic carbocycles. The number of fused-ring (bicyclic) bond motifs is 1. The molecule has 0 amide bonds. The average Bonchev–Trinajstić information content (AvgIpc) is 2.78. The maximum absolute atomic E-state index is 13.0. The number of sulfone groups is 1. The van der Waals surface area contributed by atoms with E-state index in [0.29, 0.717) is 39.0 Å². The Bertz CT molecular complexity index is 1440. The SMILES string of the molecule is CC(=O)c1ccc(OC(=O)c2cc(-c3ccc(S(C)(=O)=O)cc3)nc3ccccc23)cc1. The Morgan fingerprint density at radius 2 is 1.53 bits per heavy atom. The zero-order chi connectivity index (χ0) is 22.9. The van der Waals surface area contributed by atoms with Crippen molar-refractivity contribution in [3.05, 3.63) is 90.0 Å². The van der Waals surface area contributed by atoms with Crippen molar-refractivity contribution in [2.24, 2.45) is 0 Å². The minimum atomic E-state index is -3.32. The fraction of sp³-hybridized carbons (Fsp3) is 0.0800. The van der Waals surface area contributed by atoms with Gasteiger partial charge in [-0.2, -0.15) is 0 Å². The number of ketones is 1. The molecule has 0 aliphatic rings. The minimum Gasteiger partial charge on any atom is -0.423 e. The molecule has 0 radical (unpaired) electrons. The summed E-state index contributed by atoms with van der Waals surface area (Å²) in [6, 6.07) is 21.5. The van der Waals surface area contributed by atoms with Crippen LogP contribution in [0.15, 0.2) is 83.8 Å². The van der Waals surface area contributed by atoms with Crippen LogP contribution in [0.5, 0.6) is 5.75 Å². The molecule has 0 saturated carbocycles. The van der Waals surface area contributed by atoms with Crippen molar-refractivity contribution >= 4 is 32.5 Å². The molecule has 0 bridgehead atoms. The Morgan fingerprint density at radius 1 is 0.875 bits per heavy atom. The van der Waals surface area contributed by atoms with Gasteiger partial charge in [-0.25, -0.2) is 18.2 Å². The van der Waals surface area contributed by atoms with Gasteiger partial charge in [0.1, 0.15) is 5.75 Å². The summed E-state index contributed by atoms with van der Waals surface area (Å²) in [6.45, 7) is 1.47. The van der Waals surface area contributed by atoms with E-state index in [2.05, 4.69) is 4.98 Å². The van der Waals surface area contributed by atoms with Crippen LogP contribution in [0.1, 0.15) is 27.6 Å². The Hall–Kier alpha value is -3.84. The molecular formula is C25H19NO5S. The third-order valence-electron chi connectivity index (χ3n) is 4.99. The van der Waals surface area contributed by atoms with Crippen LogP contribution in [-0.2, 0) is 9.84 Å². The highest BCUT2D eigenvalue weighted by Crippen LogP contribution is 2.27. The Labute approximate surface area is 185 Å². The second-order valence-corrected chi connectivity index (χ2v) is 9.35. The molecule has 1 heterocycles. The Kier molecular flexibility index (Phi) is 5.59. The third-order valence-corrected chi connectivity index (χ3v) is 6.11. The highest BCUT2D eigenvalue weighted by molar-refractivity contribution is 7.90. The lowest BCUT2D eigenvalue weighted by atomic mass is 10.0. The number of pyridine rings is 1. The molecule has 0 saturated heterocycles. The van der Waals surface area contributed by atoms with Crippen LogP contribution < -0.4 is 4.74 Å². The normalized spacial score (nSPS) is 11.3. The molecule has 7 heteroatoms. The molecule has 4 rings (SSSR count). The van der Waals surface area contributed by atoms with Gasteiger partial charge in [-0.3, -0.25) is 4.79 Å². The molecule has 0 atom stereocenters. The van der Waals surface area contributed by atoms with Gasteiger partial charge in [-0.1, -0.05) is 30.3 Å². The zero-order valence-electron chi connectivity index (χ0n) is 17.4. The lowest BCUT2D eigenvalue weighted by Crippen LogP contribution is -2.10. The molecule has 0 N–H and O–H groups in total. The number of esters is 1. The largest absolute Gasteiger partial charge is 0.423 e. The lowest BCUT2D eigenvalue weighted by Gasteiger charge is -2.10. The third kappa shape index (κ3) is 4.43. The summed E-state index contributed by atoms with van der Waals surface area (Å²) < 4.78 is 29.0. The summed E-state index contributed by atoms with van der Waals surface area (Å²) in [5, 5.41) is 0.634. The van der Waals surface area contributed by atoms with Gasteiger partial charge >= 0.3 is 5.97 Å². The van der Waals surface area contributed by atoms with E-state index in [1.165, 1.54) is 19.1 Å². The van der Waals surface area contributed by atoms with E-state index in [1.807, 2.05) is 12.1 Å². The van der Waals surface area contributed by atoms with Gasteiger partial charge in [0, 0.05) is 22.8 Å². The second kappa shape index (κ2) is 8.36. The molecule has 0 spiro atoms. The summed E-state index contributed by atoms with van der Waals surface area (Å²) in [5.41, 5.74) is 2.65. The van der Waals surface area contributed by atoms with Crippen molar-refractivity contribution in [1.29, 1.82) is 0 Å². The van der Waals surface area contributed by atoms with Crippen LogP contribution in [0.2, 0.25) is 0 Å². The molecule has 160 valence electrons. The molecule has 4 aromatic rings. The van der Waals surface area contributed by atoms with Crippen LogP contribution in [0.25, 0.3) is 22.2 Å². The van der Waals surface area contributed by atoms with E-state index in [-0.39, 0.29) is 10.7 Å². The average molecular weight is 445 g/mol. The first-order chi connectivity index (χ1) is 15.2. The van der Waals surface area contributed by atoms with E-state index in [1.54, 1.807) is 54.6 Å². The van der Waals surface area contributed by atoms with Crippen LogP contribution in [0.4, 0.5) is 0 Å². The molecule has 32 heavy (non-hydrogen) atoms. The number of ether oxygens (including phenoxy) is 1. The maximum Gasteiger partial charge on any atom is 0.344 e. The minimum absolute atomic E-state index is 0.0745. The van der Waals surface area contributed by atoms with Crippen LogP contribution >= 0.6 is 0 Å². The van der Waals surface area contributed by atoms with Gasteiger partial charge in [-0.15, -0.1) is 0 Å². The van der Waals surface area contributed by atoms with E-state index in [0.717, 1.165) is 6.26 Å². The van der Waals surface area contributed by atoms with Gasteiger partial charge in [0.2, 0.25) is 0 Å². The number of carbonyl (C=O) groups is 2. The predicted molar refractivity (Wildman–Crippen MR) is 122 cm³/mol. The summed E-state index contributed by atoms with van der Waals surface area (Å²) in [5.74, 6) is -0.317. The van der Waals surface area contributed by atoms with Crippen molar-refractivity contribution in [1.82, 2.24) is 4.98 Å². The predicted octanol–water partition coefficient (Wildman–Crippen LogP) is 4.73. The van der Waals surface area contributed by atoms with Gasteiger partial charge in [0.15, 0.2) is 15.6 Å². The number of para-hydroxylation sites is 1. The number of aromatic nitrogens is 1. The Morgan fingerprint density at radius 3 is 2.16 bits per heavy atom. The van der Waals surface area contributed by atoms with Gasteiger partial charge < -0.3 is 4.74 Å². The van der Waals surface area contributed by atoms with E-state index < -0.39 is 15.8 Å². The van der Waals surface area contributed by atoms with Crippen molar-refractivity contribution in [3.63, 3.8) is 0 Å².